The molecule has 1 heterocycles. The summed E-state index contributed by atoms with van der Waals surface area (Å²) in [4.78, 5) is 12.7. The number of benzene rings is 1. The lowest BCUT2D eigenvalue weighted by Gasteiger charge is -2.22. The van der Waals surface area contributed by atoms with Crippen molar-refractivity contribution in [2.24, 2.45) is 5.73 Å². The van der Waals surface area contributed by atoms with E-state index in [9.17, 15) is 18.0 Å². The quantitative estimate of drug-likeness (QED) is 0.861. The zero-order valence-electron chi connectivity index (χ0n) is 9.94. The molecule has 3 N–H and O–H groups in total. The summed E-state index contributed by atoms with van der Waals surface area (Å²) in [5, 5.41) is 8.99. The molecule has 1 unspecified atom stereocenters. The number of hydrogen-bond acceptors (Lipinski definition) is 3. The first-order valence-corrected chi connectivity index (χ1v) is 5.67. The second-order valence-electron chi connectivity index (χ2n) is 4.68. The van der Waals surface area contributed by atoms with Crippen molar-refractivity contribution >= 4 is 11.7 Å². The van der Waals surface area contributed by atoms with E-state index in [0.29, 0.717) is 12.2 Å². The van der Waals surface area contributed by atoms with Gasteiger partial charge in [-0.3, -0.25) is 4.79 Å². The SMILES string of the molecule is NC1(C(=O)O)CCN(c2ccc(C(F)(F)F)cc2)C1. The molecule has 1 aromatic carbocycles. The van der Waals surface area contributed by atoms with Crippen molar-refractivity contribution < 1.29 is 23.1 Å². The van der Waals surface area contributed by atoms with Gasteiger partial charge in [0.2, 0.25) is 0 Å². The Kier molecular flexibility index (Phi) is 3.17. The monoisotopic (exact) mass is 274 g/mol. The van der Waals surface area contributed by atoms with Crippen molar-refractivity contribution in [3.05, 3.63) is 29.8 Å². The largest absolute Gasteiger partial charge is 0.480 e. The Hall–Kier alpha value is -1.76. The maximum absolute atomic E-state index is 12.4. The molecule has 0 spiro atoms. The van der Waals surface area contributed by atoms with Crippen LogP contribution in [0.25, 0.3) is 0 Å². The highest BCUT2D eigenvalue weighted by atomic mass is 19.4. The highest BCUT2D eigenvalue weighted by Gasteiger charge is 2.41. The Morgan fingerprint density at radius 2 is 1.89 bits per heavy atom. The number of anilines is 1. The summed E-state index contributed by atoms with van der Waals surface area (Å²) in [5.41, 5.74) is 4.19. The Morgan fingerprint density at radius 3 is 2.32 bits per heavy atom. The number of carbonyl (C=O) groups is 1. The number of carboxylic acids is 1. The summed E-state index contributed by atoms with van der Waals surface area (Å²) in [6.45, 7) is 0.502. The van der Waals surface area contributed by atoms with Crippen LogP contribution in [0.3, 0.4) is 0 Å². The molecule has 4 nitrogen and oxygen atoms in total. The fourth-order valence-corrected chi connectivity index (χ4v) is 2.09. The summed E-state index contributed by atoms with van der Waals surface area (Å²) in [6.07, 6.45) is -4.11. The maximum Gasteiger partial charge on any atom is 0.416 e. The van der Waals surface area contributed by atoms with Gasteiger partial charge in [0, 0.05) is 18.8 Å². The number of aliphatic carboxylic acids is 1. The van der Waals surface area contributed by atoms with Gasteiger partial charge in [0.1, 0.15) is 5.54 Å². The molecule has 1 aromatic rings. The van der Waals surface area contributed by atoms with E-state index in [1.54, 1.807) is 4.90 Å². The molecule has 1 saturated heterocycles. The van der Waals surface area contributed by atoms with E-state index in [1.807, 2.05) is 0 Å². The molecule has 0 aromatic heterocycles. The van der Waals surface area contributed by atoms with Crippen LogP contribution in [0.15, 0.2) is 24.3 Å². The zero-order chi connectivity index (χ0) is 14.3. The number of hydrogen-bond donors (Lipinski definition) is 2. The minimum atomic E-state index is -4.37. The number of carboxylic acid groups (broad SMARTS) is 1. The lowest BCUT2D eigenvalue weighted by atomic mass is 10.0. The fraction of sp³-hybridized carbons (Fsp3) is 0.417. The summed E-state index contributed by atoms with van der Waals surface area (Å²) in [7, 11) is 0. The Balaban J connectivity index is 2.15. The first kappa shape index (κ1) is 13.7. The average Bonchev–Trinajstić information content (AvgIpc) is 2.72. The smallest absolute Gasteiger partial charge is 0.416 e. The van der Waals surface area contributed by atoms with Crippen molar-refractivity contribution in [3.63, 3.8) is 0 Å². The van der Waals surface area contributed by atoms with Crippen molar-refractivity contribution in [2.45, 2.75) is 18.1 Å². The van der Waals surface area contributed by atoms with Crippen LogP contribution in [0.5, 0.6) is 0 Å². The molecule has 104 valence electrons. The summed E-state index contributed by atoms with van der Waals surface area (Å²) in [6, 6.07) is 4.62. The molecule has 1 fully saturated rings. The Morgan fingerprint density at radius 1 is 1.32 bits per heavy atom. The normalized spacial score (nSPS) is 23.7. The van der Waals surface area contributed by atoms with Crippen molar-refractivity contribution in [1.29, 1.82) is 0 Å². The minimum Gasteiger partial charge on any atom is -0.480 e. The number of nitrogens with zero attached hydrogens (tertiary/aromatic N) is 1. The van der Waals surface area contributed by atoms with Gasteiger partial charge in [-0.15, -0.1) is 0 Å². The van der Waals surface area contributed by atoms with Gasteiger partial charge in [0.15, 0.2) is 0 Å². The highest BCUT2D eigenvalue weighted by molar-refractivity contribution is 5.80. The predicted octanol–water partition coefficient (Wildman–Crippen LogP) is 1.70. The molecular weight excluding hydrogens is 261 g/mol. The van der Waals surface area contributed by atoms with Crippen LogP contribution < -0.4 is 10.6 Å². The van der Waals surface area contributed by atoms with E-state index in [0.717, 1.165) is 12.1 Å². The third-order valence-corrected chi connectivity index (χ3v) is 3.29. The third kappa shape index (κ3) is 2.65. The number of halogens is 3. The van der Waals surface area contributed by atoms with Gasteiger partial charge in [0.05, 0.1) is 5.56 Å². The molecule has 0 radical (unpaired) electrons. The molecule has 1 aliphatic rings. The van der Waals surface area contributed by atoms with Gasteiger partial charge in [-0.1, -0.05) is 0 Å². The zero-order valence-corrected chi connectivity index (χ0v) is 9.94. The fourth-order valence-electron chi connectivity index (χ4n) is 2.09. The van der Waals surface area contributed by atoms with Gasteiger partial charge in [-0.2, -0.15) is 13.2 Å². The van der Waals surface area contributed by atoms with E-state index in [2.05, 4.69) is 0 Å². The summed E-state index contributed by atoms with van der Waals surface area (Å²) >= 11 is 0. The van der Waals surface area contributed by atoms with Crippen molar-refractivity contribution in [1.82, 2.24) is 0 Å². The molecule has 19 heavy (non-hydrogen) atoms. The minimum absolute atomic E-state index is 0.0910. The molecular formula is C12H13F3N2O2. The number of nitrogens with two attached hydrogens (primary N) is 1. The van der Waals surface area contributed by atoms with Gasteiger partial charge in [-0.05, 0) is 30.7 Å². The third-order valence-electron chi connectivity index (χ3n) is 3.29. The lowest BCUT2D eigenvalue weighted by Crippen LogP contribution is -2.50. The van der Waals surface area contributed by atoms with E-state index in [4.69, 9.17) is 10.8 Å². The first-order chi connectivity index (χ1) is 8.72. The molecule has 7 heteroatoms. The van der Waals surface area contributed by atoms with Crippen LogP contribution in [-0.4, -0.2) is 29.7 Å². The van der Waals surface area contributed by atoms with Crippen LogP contribution in [-0.2, 0) is 11.0 Å². The van der Waals surface area contributed by atoms with Gasteiger partial charge in [0.25, 0.3) is 0 Å². The Labute approximate surface area is 107 Å². The summed E-state index contributed by atoms with van der Waals surface area (Å²) in [5.74, 6) is -1.10. The van der Waals surface area contributed by atoms with E-state index in [1.165, 1.54) is 12.1 Å². The molecule has 1 atom stereocenters. The molecule has 0 bridgehead atoms. The number of rotatable bonds is 2. The molecule has 0 aliphatic carbocycles. The second-order valence-corrected chi connectivity index (χ2v) is 4.68. The molecule has 0 saturated carbocycles. The molecule has 1 aliphatic heterocycles. The Bertz CT molecular complexity index is 487. The van der Waals surface area contributed by atoms with E-state index >= 15 is 0 Å². The second kappa shape index (κ2) is 4.41. The first-order valence-electron chi connectivity index (χ1n) is 5.67. The maximum atomic E-state index is 12.4. The summed E-state index contributed by atoms with van der Waals surface area (Å²) < 4.78 is 37.2. The standard InChI is InChI=1S/C12H13F3N2O2/c13-12(14,15)8-1-3-9(4-2-8)17-6-5-11(16,7-17)10(18)19/h1-4H,5-7,16H2,(H,18,19). The molecule has 0 amide bonds. The topological polar surface area (TPSA) is 66.6 Å². The molecule has 2 rings (SSSR count). The van der Waals surface area contributed by atoms with Crippen LogP contribution in [0.2, 0.25) is 0 Å². The van der Waals surface area contributed by atoms with Crippen molar-refractivity contribution in [3.8, 4) is 0 Å². The van der Waals surface area contributed by atoms with Gasteiger partial charge < -0.3 is 15.7 Å². The lowest BCUT2D eigenvalue weighted by molar-refractivity contribution is -0.142. The average molecular weight is 274 g/mol. The predicted molar refractivity (Wildman–Crippen MR) is 62.8 cm³/mol. The van der Waals surface area contributed by atoms with Crippen LogP contribution in [0.1, 0.15) is 12.0 Å². The van der Waals surface area contributed by atoms with Crippen molar-refractivity contribution in [2.75, 3.05) is 18.0 Å². The van der Waals surface area contributed by atoms with Gasteiger partial charge >= 0.3 is 12.1 Å². The van der Waals surface area contributed by atoms with Crippen LogP contribution in [0, 0.1) is 0 Å². The van der Waals surface area contributed by atoms with E-state index in [-0.39, 0.29) is 13.0 Å². The highest BCUT2D eigenvalue weighted by Crippen LogP contribution is 2.32. The van der Waals surface area contributed by atoms with E-state index < -0.39 is 23.2 Å². The number of alkyl halides is 3. The van der Waals surface area contributed by atoms with Crippen LogP contribution >= 0.6 is 0 Å². The van der Waals surface area contributed by atoms with Gasteiger partial charge in [-0.25, -0.2) is 0 Å². The van der Waals surface area contributed by atoms with Crippen LogP contribution in [0.4, 0.5) is 18.9 Å².